The fourth-order valence-corrected chi connectivity index (χ4v) is 2.81. The fourth-order valence-electron chi connectivity index (χ4n) is 2.81. The van der Waals surface area contributed by atoms with E-state index in [0.29, 0.717) is 5.56 Å². The molecule has 0 fully saturated rings. The number of amides is 1. The summed E-state index contributed by atoms with van der Waals surface area (Å²) in [5, 5.41) is 6.33. The van der Waals surface area contributed by atoms with Gasteiger partial charge in [-0.25, -0.2) is 0 Å². The molecule has 3 rings (SSSR count). The minimum Gasteiger partial charge on any atom is -0.385 e. The fraction of sp³-hybridized carbons (Fsp3) is 0.182. The van der Waals surface area contributed by atoms with E-state index >= 15 is 0 Å². The molecule has 0 radical (unpaired) electrons. The van der Waals surface area contributed by atoms with Gasteiger partial charge in [-0.2, -0.15) is 0 Å². The molecular formula is C22H24N4O. The predicted molar refractivity (Wildman–Crippen MR) is 112 cm³/mol. The topological polar surface area (TPSA) is 57.3 Å². The summed E-state index contributed by atoms with van der Waals surface area (Å²) in [5.41, 5.74) is 4.39. The van der Waals surface area contributed by atoms with Crippen LogP contribution in [0, 0.1) is 0 Å². The van der Waals surface area contributed by atoms with Crippen molar-refractivity contribution < 1.29 is 4.79 Å². The molecule has 1 amide bonds. The van der Waals surface area contributed by atoms with Crippen LogP contribution in [0.2, 0.25) is 0 Å². The zero-order chi connectivity index (χ0) is 19.1. The Hall–Kier alpha value is -3.34. The third-order valence-corrected chi connectivity index (χ3v) is 4.21. The third-order valence-electron chi connectivity index (χ3n) is 4.21. The summed E-state index contributed by atoms with van der Waals surface area (Å²) in [5.74, 6) is -0.116. The maximum atomic E-state index is 12.6. The lowest BCUT2D eigenvalue weighted by Gasteiger charge is -2.17. The summed E-state index contributed by atoms with van der Waals surface area (Å²) in [6.07, 6.45) is 2.67. The Morgan fingerprint density at radius 1 is 0.926 bits per heavy atom. The number of nitrogens with zero attached hydrogens (tertiary/aromatic N) is 2. The SMILES string of the molecule is CN(C)c1ccccc1C(=O)Nc1ccc(NCCc2ccccn2)cc1. The number of anilines is 3. The van der Waals surface area contributed by atoms with Crippen LogP contribution in [0.25, 0.3) is 0 Å². The van der Waals surface area contributed by atoms with E-state index in [1.54, 1.807) is 6.20 Å². The van der Waals surface area contributed by atoms with Gasteiger partial charge in [-0.15, -0.1) is 0 Å². The highest BCUT2D eigenvalue weighted by atomic mass is 16.1. The van der Waals surface area contributed by atoms with Gasteiger partial charge in [-0.1, -0.05) is 18.2 Å². The van der Waals surface area contributed by atoms with Gasteiger partial charge in [0.15, 0.2) is 0 Å². The van der Waals surface area contributed by atoms with Crippen molar-refractivity contribution in [2.45, 2.75) is 6.42 Å². The smallest absolute Gasteiger partial charge is 0.257 e. The maximum Gasteiger partial charge on any atom is 0.257 e. The molecular weight excluding hydrogens is 336 g/mol. The molecule has 0 atom stereocenters. The van der Waals surface area contributed by atoms with Crippen LogP contribution in [-0.2, 0) is 6.42 Å². The van der Waals surface area contributed by atoms with Crippen LogP contribution in [0.15, 0.2) is 72.9 Å². The summed E-state index contributed by atoms with van der Waals surface area (Å²) in [6.45, 7) is 0.804. The van der Waals surface area contributed by atoms with E-state index in [2.05, 4.69) is 15.6 Å². The highest BCUT2D eigenvalue weighted by Crippen LogP contribution is 2.20. The molecule has 2 N–H and O–H groups in total. The van der Waals surface area contributed by atoms with Gasteiger partial charge in [0.1, 0.15) is 0 Å². The van der Waals surface area contributed by atoms with Crippen molar-refractivity contribution in [1.82, 2.24) is 4.98 Å². The Morgan fingerprint density at radius 2 is 1.63 bits per heavy atom. The molecule has 3 aromatic rings. The van der Waals surface area contributed by atoms with Crippen LogP contribution in [0.5, 0.6) is 0 Å². The van der Waals surface area contributed by atoms with Crippen molar-refractivity contribution in [2.75, 3.05) is 36.2 Å². The second kappa shape index (κ2) is 8.85. The van der Waals surface area contributed by atoms with Gasteiger partial charge in [-0.05, 0) is 48.5 Å². The standard InChI is InChI=1S/C22H24N4O/c1-26(2)21-9-4-3-8-20(21)22(27)25-19-12-10-18(11-13-19)24-16-14-17-7-5-6-15-23-17/h3-13,15,24H,14,16H2,1-2H3,(H,25,27). The first-order valence-electron chi connectivity index (χ1n) is 8.95. The van der Waals surface area contributed by atoms with E-state index in [9.17, 15) is 4.79 Å². The number of aromatic nitrogens is 1. The molecule has 0 unspecified atom stereocenters. The molecule has 2 aromatic carbocycles. The molecule has 0 saturated heterocycles. The molecule has 0 saturated carbocycles. The van der Waals surface area contributed by atoms with Crippen molar-refractivity contribution in [1.29, 1.82) is 0 Å². The monoisotopic (exact) mass is 360 g/mol. The van der Waals surface area contributed by atoms with Crippen LogP contribution in [0.4, 0.5) is 17.1 Å². The first-order valence-corrected chi connectivity index (χ1v) is 8.95. The first-order chi connectivity index (χ1) is 13.1. The number of para-hydroxylation sites is 1. The number of rotatable bonds is 7. The molecule has 0 aliphatic rings. The molecule has 27 heavy (non-hydrogen) atoms. The number of benzene rings is 2. The Morgan fingerprint density at radius 3 is 2.33 bits per heavy atom. The second-order valence-electron chi connectivity index (χ2n) is 6.44. The summed E-state index contributed by atoms with van der Waals surface area (Å²) in [7, 11) is 3.86. The van der Waals surface area contributed by atoms with E-state index < -0.39 is 0 Å². The molecule has 0 aliphatic carbocycles. The van der Waals surface area contributed by atoms with Gasteiger partial charge in [0, 0.05) is 56.0 Å². The zero-order valence-electron chi connectivity index (χ0n) is 15.6. The van der Waals surface area contributed by atoms with Crippen molar-refractivity contribution in [3.63, 3.8) is 0 Å². The average Bonchev–Trinajstić information content (AvgIpc) is 2.70. The lowest BCUT2D eigenvalue weighted by atomic mass is 10.1. The van der Waals surface area contributed by atoms with Gasteiger partial charge in [-0.3, -0.25) is 9.78 Å². The van der Waals surface area contributed by atoms with Crippen LogP contribution in [0.3, 0.4) is 0 Å². The summed E-state index contributed by atoms with van der Waals surface area (Å²) in [4.78, 5) is 18.8. The van der Waals surface area contributed by atoms with Crippen LogP contribution in [0.1, 0.15) is 16.1 Å². The number of carbonyl (C=O) groups is 1. The van der Waals surface area contributed by atoms with Crippen LogP contribution < -0.4 is 15.5 Å². The average molecular weight is 360 g/mol. The summed E-state index contributed by atoms with van der Waals surface area (Å²) < 4.78 is 0. The Labute approximate surface area is 160 Å². The molecule has 1 heterocycles. The summed E-state index contributed by atoms with van der Waals surface area (Å²) >= 11 is 0. The summed E-state index contributed by atoms with van der Waals surface area (Å²) in [6, 6.07) is 21.2. The van der Waals surface area contributed by atoms with Gasteiger partial charge >= 0.3 is 0 Å². The number of pyridine rings is 1. The van der Waals surface area contributed by atoms with Crippen molar-refractivity contribution in [3.05, 3.63) is 84.2 Å². The Balaban J connectivity index is 1.57. The van der Waals surface area contributed by atoms with Crippen LogP contribution in [-0.4, -0.2) is 31.5 Å². The maximum absolute atomic E-state index is 12.6. The largest absolute Gasteiger partial charge is 0.385 e. The van der Waals surface area contributed by atoms with Gasteiger partial charge < -0.3 is 15.5 Å². The third kappa shape index (κ3) is 5.07. The minimum absolute atomic E-state index is 0.116. The van der Waals surface area contributed by atoms with E-state index in [0.717, 1.165) is 35.7 Å². The van der Waals surface area contributed by atoms with Gasteiger partial charge in [0.05, 0.1) is 5.56 Å². The van der Waals surface area contributed by atoms with E-state index in [1.165, 1.54) is 0 Å². The lowest BCUT2D eigenvalue weighted by molar-refractivity contribution is 0.102. The molecule has 5 nitrogen and oxygen atoms in total. The molecule has 0 bridgehead atoms. The highest BCUT2D eigenvalue weighted by molar-refractivity contribution is 6.08. The van der Waals surface area contributed by atoms with Crippen molar-refractivity contribution in [3.8, 4) is 0 Å². The number of nitrogens with one attached hydrogen (secondary N) is 2. The van der Waals surface area contributed by atoms with E-state index in [-0.39, 0.29) is 5.91 Å². The lowest BCUT2D eigenvalue weighted by Crippen LogP contribution is -2.18. The van der Waals surface area contributed by atoms with Gasteiger partial charge in [0.2, 0.25) is 0 Å². The van der Waals surface area contributed by atoms with E-state index in [1.807, 2.05) is 85.7 Å². The quantitative estimate of drug-likeness (QED) is 0.667. The van der Waals surface area contributed by atoms with Gasteiger partial charge in [0.25, 0.3) is 5.91 Å². The van der Waals surface area contributed by atoms with Crippen molar-refractivity contribution >= 4 is 23.0 Å². The predicted octanol–water partition coefficient (Wildman–Crippen LogP) is 4.05. The Bertz CT molecular complexity index is 876. The molecule has 138 valence electrons. The minimum atomic E-state index is -0.116. The normalized spacial score (nSPS) is 10.3. The molecule has 0 spiro atoms. The molecule has 1 aromatic heterocycles. The first kappa shape index (κ1) is 18.5. The van der Waals surface area contributed by atoms with Crippen molar-refractivity contribution in [2.24, 2.45) is 0 Å². The number of carbonyl (C=O) groups excluding carboxylic acids is 1. The second-order valence-corrected chi connectivity index (χ2v) is 6.44. The van der Waals surface area contributed by atoms with E-state index in [4.69, 9.17) is 0 Å². The number of hydrogen-bond donors (Lipinski definition) is 2. The zero-order valence-corrected chi connectivity index (χ0v) is 15.6. The molecule has 5 heteroatoms. The van der Waals surface area contributed by atoms with Crippen LogP contribution >= 0.6 is 0 Å². The molecule has 0 aliphatic heterocycles. The Kier molecular flexibility index (Phi) is 6.05. The number of hydrogen-bond acceptors (Lipinski definition) is 4. The highest BCUT2D eigenvalue weighted by Gasteiger charge is 2.12.